The molecular formula is C22H23FN8O. The Labute approximate surface area is 183 Å². The molecule has 0 unspecified atom stereocenters. The maximum atomic E-state index is 15.3. The van der Waals surface area contributed by atoms with Crippen molar-refractivity contribution in [1.82, 2.24) is 24.7 Å². The Hall–Kier alpha value is -3.95. The van der Waals surface area contributed by atoms with Crippen LogP contribution in [0.25, 0.3) is 22.0 Å². The average Bonchev–Trinajstić information content (AvgIpc) is 3.16. The van der Waals surface area contributed by atoms with Gasteiger partial charge in [0.15, 0.2) is 5.82 Å². The fourth-order valence-corrected chi connectivity index (χ4v) is 3.85. The van der Waals surface area contributed by atoms with E-state index in [9.17, 15) is 0 Å². The number of aryl methyl sites for hydroxylation is 2. The number of hydrogen-bond acceptors (Lipinski definition) is 8. The SMILES string of the molecule is CCn1cc(Nc2ncc3c(N)c(F)c(-c4cnc5c(c4C)NCCO5)cc3n2)c(C)n1. The van der Waals surface area contributed by atoms with E-state index in [4.69, 9.17) is 10.5 Å². The molecule has 164 valence electrons. The van der Waals surface area contributed by atoms with Crippen molar-refractivity contribution >= 4 is 33.9 Å². The first-order valence-corrected chi connectivity index (χ1v) is 10.4. The van der Waals surface area contributed by atoms with Gasteiger partial charge in [0.05, 0.1) is 22.6 Å². The zero-order chi connectivity index (χ0) is 22.4. The van der Waals surface area contributed by atoms with E-state index in [0.717, 1.165) is 29.2 Å². The Bertz CT molecular complexity index is 1350. The van der Waals surface area contributed by atoms with Crippen LogP contribution in [0.3, 0.4) is 0 Å². The van der Waals surface area contributed by atoms with Crippen LogP contribution >= 0.6 is 0 Å². The Morgan fingerprint density at radius 3 is 2.88 bits per heavy atom. The van der Waals surface area contributed by atoms with E-state index in [-0.39, 0.29) is 5.69 Å². The van der Waals surface area contributed by atoms with E-state index in [1.165, 1.54) is 6.20 Å². The number of aromatic nitrogens is 5. The van der Waals surface area contributed by atoms with Gasteiger partial charge in [0, 0.05) is 48.2 Å². The van der Waals surface area contributed by atoms with Gasteiger partial charge in [-0.3, -0.25) is 4.68 Å². The summed E-state index contributed by atoms with van der Waals surface area (Å²) in [5, 5.41) is 11.3. The Balaban J connectivity index is 1.60. The molecule has 10 heteroatoms. The van der Waals surface area contributed by atoms with Gasteiger partial charge in [-0.2, -0.15) is 5.10 Å². The number of anilines is 4. The average molecular weight is 434 g/mol. The highest BCUT2D eigenvalue weighted by atomic mass is 19.1. The quantitative estimate of drug-likeness (QED) is 0.416. The molecular weight excluding hydrogens is 411 g/mol. The van der Waals surface area contributed by atoms with Crippen molar-refractivity contribution in [2.45, 2.75) is 27.3 Å². The van der Waals surface area contributed by atoms with Crippen LogP contribution in [0.5, 0.6) is 5.88 Å². The van der Waals surface area contributed by atoms with Crippen LogP contribution in [0.1, 0.15) is 18.2 Å². The van der Waals surface area contributed by atoms with Gasteiger partial charge < -0.3 is 21.1 Å². The highest BCUT2D eigenvalue weighted by Gasteiger charge is 2.21. The molecule has 0 fully saturated rings. The molecule has 0 saturated carbocycles. The van der Waals surface area contributed by atoms with Gasteiger partial charge in [-0.25, -0.2) is 19.3 Å². The van der Waals surface area contributed by atoms with Gasteiger partial charge in [0.25, 0.3) is 0 Å². The molecule has 4 N–H and O–H groups in total. The number of nitrogens with two attached hydrogens (primary N) is 1. The number of fused-ring (bicyclic) bond motifs is 2. The third-order valence-electron chi connectivity index (χ3n) is 5.62. The Morgan fingerprint density at radius 1 is 1.25 bits per heavy atom. The normalized spacial score (nSPS) is 12.9. The Morgan fingerprint density at radius 2 is 2.09 bits per heavy atom. The van der Waals surface area contributed by atoms with Crippen LogP contribution in [0.2, 0.25) is 0 Å². The number of hydrogen-bond donors (Lipinski definition) is 3. The number of benzene rings is 1. The molecule has 3 aromatic heterocycles. The van der Waals surface area contributed by atoms with Crippen LogP contribution in [-0.2, 0) is 6.54 Å². The molecule has 4 heterocycles. The molecule has 0 saturated heterocycles. The monoisotopic (exact) mass is 434 g/mol. The van der Waals surface area contributed by atoms with Crippen LogP contribution in [0, 0.1) is 19.7 Å². The van der Waals surface area contributed by atoms with E-state index in [0.29, 0.717) is 47.0 Å². The topological polar surface area (TPSA) is 116 Å². The molecule has 0 amide bonds. The van der Waals surface area contributed by atoms with Crippen molar-refractivity contribution in [3.63, 3.8) is 0 Å². The molecule has 0 radical (unpaired) electrons. The number of pyridine rings is 1. The number of nitrogens with one attached hydrogen (secondary N) is 2. The molecule has 1 aliphatic rings. The zero-order valence-electron chi connectivity index (χ0n) is 18.0. The smallest absolute Gasteiger partial charge is 0.237 e. The largest absolute Gasteiger partial charge is 0.474 e. The summed E-state index contributed by atoms with van der Waals surface area (Å²) in [5.74, 6) is 0.371. The Kier molecular flexibility index (Phi) is 4.76. The van der Waals surface area contributed by atoms with Crippen LogP contribution in [0.4, 0.5) is 27.4 Å². The van der Waals surface area contributed by atoms with E-state index in [1.807, 2.05) is 31.6 Å². The van der Waals surface area contributed by atoms with E-state index < -0.39 is 5.82 Å². The van der Waals surface area contributed by atoms with Crippen LogP contribution in [0.15, 0.2) is 24.7 Å². The first kappa shape index (κ1) is 20.0. The van der Waals surface area contributed by atoms with Gasteiger partial charge in [-0.1, -0.05) is 0 Å². The summed E-state index contributed by atoms with van der Waals surface area (Å²) in [6.07, 6.45) is 5.03. The molecule has 0 spiro atoms. The second-order valence-electron chi connectivity index (χ2n) is 7.64. The second-order valence-corrected chi connectivity index (χ2v) is 7.64. The number of rotatable bonds is 4. The molecule has 32 heavy (non-hydrogen) atoms. The standard InChI is InChI=1S/C22H23FN8O/c1-4-31-10-17(12(3)30-31)29-22-27-9-15-16(28-22)7-13(18(23)19(15)24)14-8-26-21-20(11(14)2)25-5-6-32-21/h7-10,25H,4-6,24H2,1-3H3,(H,27,28,29). The van der Waals surface area contributed by atoms with E-state index >= 15 is 4.39 Å². The molecule has 0 bridgehead atoms. The highest BCUT2D eigenvalue weighted by molar-refractivity contribution is 5.96. The lowest BCUT2D eigenvalue weighted by Crippen LogP contribution is -2.20. The number of nitrogens with zero attached hydrogens (tertiary/aromatic N) is 5. The van der Waals surface area contributed by atoms with Crippen LogP contribution in [-0.4, -0.2) is 37.9 Å². The van der Waals surface area contributed by atoms with Crippen molar-refractivity contribution in [2.24, 2.45) is 0 Å². The molecule has 4 aromatic rings. The highest BCUT2D eigenvalue weighted by Crippen LogP contribution is 2.39. The summed E-state index contributed by atoms with van der Waals surface area (Å²) >= 11 is 0. The van der Waals surface area contributed by atoms with E-state index in [1.54, 1.807) is 12.3 Å². The van der Waals surface area contributed by atoms with Gasteiger partial charge in [-0.15, -0.1) is 0 Å². The van der Waals surface area contributed by atoms with Crippen molar-refractivity contribution < 1.29 is 9.13 Å². The predicted molar refractivity (Wildman–Crippen MR) is 122 cm³/mol. The minimum absolute atomic E-state index is 0.000336. The van der Waals surface area contributed by atoms with Gasteiger partial charge >= 0.3 is 0 Å². The lowest BCUT2D eigenvalue weighted by Gasteiger charge is -2.22. The third-order valence-corrected chi connectivity index (χ3v) is 5.62. The van der Waals surface area contributed by atoms with E-state index in [2.05, 4.69) is 30.7 Å². The predicted octanol–water partition coefficient (Wildman–Crippen LogP) is 3.79. The molecule has 0 atom stereocenters. The van der Waals surface area contributed by atoms with Gasteiger partial charge in [0.2, 0.25) is 11.8 Å². The van der Waals surface area contributed by atoms with Crippen LogP contribution < -0.4 is 21.1 Å². The summed E-state index contributed by atoms with van der Waals surface area (Å²) < 4.78 is 22.7. The summed E-state index contributed by atoms with van der Waals surface area (Å²) in [4.78, 5) is 13.3. The lowest BCUT2D eigenvalue weighted by molar-refractivity contribution is 0.310. The molecule has 1 aromatic carbocycles. The van der Waals surface area contributed by atoms with Crippen molar-refractivity contribution in [2.75, 3.05) is 29.5 Å². The van der Waals surface area contributed by atoms with Crippen molar-refractivity contribution in [3.05, 3.63) is 41.7 Å². The summed E-state index contributed by atoms with van der Waals surface area (Å²) in [6, 6.07) is 1.68. The lowest BCUT2D eigenvalue weighted by atomic mass is 9.98. The molecule has 0 aliphatic carbocycles. The van der Waals surface area contributed by atoms with Crippen molar-refractivity contribution in [3.8, 4) is 17.0 Å². The van der Waals surface area contributed by atoms with Gasteiger partial charge in [-0.05, 0) is 32.4 Å². The third kappa shape index (κ3) is 3.24. The minimum Gasteiger partial charge on any atom is -0.474 e. The number of halogens is 1. The second kappa shape index (κ2) is 7.63. The summed E-state index contributed by atoms with van der Waals surface area (Å²) in [5.41, 5.74) is 10.9. The van der Waals surface area contributed by atoms with Gasteiger partial charge in [0.1, 0.15) is 12.3 Å². The number of nitrogen functional groups attached to an aromatic ring is 1. The van der Waals surface area contributed by atoms with Crippen molar-refractivity contribution in [1.29, 1.82) is 0 Å². The summed E-state index contributed by atoms with van der Waals surface area (Å²) in [6.45, 7) is 7.79. The number of ether oxygens (including phenoxy) is 1. The fourth-order valence-electron chi connectivity index (χ4n) is 3.85. The first-order valence-electron chi connectivity index (χ1n) is 10.4. The minimum atomic E-state index is -0.525. The maximum absolute atomic E-state index is 15.3. The first-order chi connectivity index (χ1) is 15.5. The fraction of sp³-hybridized carbons (Fsp3) is 0.273. The molecule has 5 rings (SSSR count). The zero-order valence-corrected chi connectivity index (χ0v) is 18.0. The molecule has 9 nitrogen and oxygen atoms in total. The maximum Gasteiger partial charge on any atom is 0.237 e. The summed E-state index contributed by atoms with van der Waals surface area (Å²) in [7, 11) is 0. The molecule has 1 aliphatic heterocycles.